The molecule has 0 unspecified atom stereocenters. The highest BCUT2D eigenvalue weighted by atomic mass is 35.5. The van der Waals surface area contributed by atoms with Gasteiger partial charge in [-0.3, -0.25) is 0 Å². The van der Waals surface area contributed by atoms with E-state index in [9.17, 15) is 13.4 Å². The first-order valence-corrected chi connectivity index (χ1v) is 11.6. The van der Waals surface area contributed by atoms with Crippen molar-refractivity contribution in [1.29, 1.82) is 0 Å². The Morgan fingerprint density at radius 1 is 1.32 bits per heavy atom. The van der Waals surface area contributed by atoms with Gasteiger partial charge in [0.25, 0.3) is 0 Å². The van der Waals surface area contributed by atoms with E-state index in [1.165, 1.54) is 25.4 Å². The van der Waals surface area contributed by atoms with Gasteiger partial charge in [0.05, 0.1) is 37.0 Å². The van der Waals surface area contributed by atoms with Gasteiger partial charge in [-0.05, 0) is 37.6 Å². The fourth-order valence-electron chi connectivity index (χ4n) is 3.02. The average molecular weight is 465 g/mol. The summed E-state index contributed by atoms with van der Waals surface area (Å²) in [5, 5.41) is 12.9. The molecule has 1 fully saturated rings. The van der Waals surface area contributed by atoms with E-state index in [4.69, 9.17) is 21.4 Å². The van der Waals surface area contributed by atoms with Crippen LogP contribution in [0.4, 0.5) is 21.6 Å². The second-order valence-corrected chi connectivity index (χ2v) is 9.98. The first-order chi connectivity index (χ1) is 14.7. The number of carboxylic acid groups (broad SMARTS) is 1. The summed E-state index contributed by atoms with van der Waals surface area (Å²) in [7, 11) is -2.21. The van der Waals surface area contributed by atoms with E-state index >= 15 is 0 Å². The van der Waals surface area contributed by atoms with Crippen LogP contribution >= 0.6 is 11.6 Å². The minimum Gasteiger partial charge on any atom is -0.479 e. The Morgan fingerprint density at radius 3 is 2.77 bits per heavy atom. The third-order valence-electron chi connectivity index (χ3n) is 4.72. The molecule has 2 aromatic carbocycles. The van der Waals surface area contributed by atoms with Crippen molar-refractivity contribution in [2.75, 3.05) is 16.8 Å². The molecule has 0 bridgehead atoms. The summed E-state index contributed by atoms with van der Waals surface area (Å²) in [5.74, 6) is -0.310. The summed E-state index contributed by atoms with van der Waals surface area (Å²) in [6.07, 6.45) is 1.02. The molecule has 1 aliphatic rings. The summed E-state index contributed by atoms with van der Waals surface area (Å²) < 4.78 is 35.9. The lowest BCUT2D eigenvalue weighted by atomic mass is 10.2. The van der Waals surface area contributed by atoms with E-state index in [1.807, 2.05) is 0 Å². The first-order valence-electron chi connectivity index (χ1n) is 9.37. The minimum absolute atomic E-state index is 0.00582. The fraction of sp³-hybridized carbons (Fsp3) is 0.250. The Balaban J connectivity index is 1.74. The summed E-state index contributed by atoms with van der Waals surface area (Å²) >= 11 is 6.47. The zero-order valence-corrected chi connectivity index (χ0v) is 17.9. The number of halogens is 2. The second kappa shape index (κ2) is 8.27. The van der Waals surface area contributed by atoms with Crippen LogP contribution in [0.25, 0.3) is 10.9 Å². The number of anilines is 2. The summed E-state index contributed by atoms with van der Waals surface area (Å²) in [6.45, 7) is 1.34. The van der Waals surface area contributed by atoms with Crippen LogP contribution in [0.3, 0.4) is 0 Å². The second-order valence-electron chi connectivity index (χ2n) is 7.03. The molecule has 3 aromatic rings. The standard InChI is InChI=1S/C20H18ClFN4O4S/c1-11(20(27)28)30-17-7-12(22)3-4-15(17)25-19-18-14(21)8-13(9-16(18)23-10-24-19)26-31(29)5-2-6-31/h3-4,7-11H,2,5-6H2,1H3,(H,27,28)(H,23,24,25)/t11-/m1/s1. The van der Waals surface area contributed by atoms with E-state index in [1.54, 1.807) is 12.1 Å². The molecular weight excluding hydrogens is 447 g/mol. The van der Waals surface area contributed by atoms with E-state index in [0.29, 0.717) is 44.6 Å². The molecule has 2 heterocycles. The van der Waals surface area contributed by atoms with Gasteiger partial charge in [0.15, 0.2) is 6.10 Å². The molecule has 0 amide bonds. The van der Waals surface area contributed by atoms with Crippen molar-refractivity contribution < 1.29 is 23.2 Å². The van der Waals surface area contributed by atoms with Crippen LogP contribution in [0, 0.1) is 5.82 Å². The monoisotopic (exact) mass is 464 g/mol. The third-order valence-corrected chi connectivity index (χ3v) is 7.42. The van der Waals surface area contributed by atoms with Crippen molar-refractivity contribution >= 4 is 55.4 Å². The lowest BCUT2D eigenvalue weighted by Gasteiger charge is -2.18. The molecule has 0 aliphatic carbocycles. The topological polar surface area (TPSA) is 114 Å². The van der Waals surface area contributed by atoms with Gasteiger partial charge >= 0.3 is 5.97 Å². The molecular formula is C20H18ClFN4O4S. The Bertz CT molecular complexity index is 1300. The van der Waals surface area contributed by atoms with Crippen LogP contribution in [0.1, 0.15) is 13.3 Å². The maximum Gasteiger partial charge on any atom is 0.344 e. The zero-order chi connectivity index (χ0) is 22.2. The van der Waals surface area contributed by atoms with Crippen molar-refractivity contribution in [2.24, 2.45) is 4.36 Å². The molecule has 1 saturated heterocycles. The average Bonchev–Trinajstić information content (AvgIpc) is 2.68. The van der Waals surface area contributed by atoms with E-state index in [2.05, 4.69) is 19.6 Å². The van der Waals surface area contributed by atoms with Gasteiger partial charge < -0.3 is 15.2 Å². The summed E-state index contributed by atoms with van der Waals surface area (Å²) in [4.78, 5) is 19.6. The van der Waals surface area contributed by atoms with Gasteiger partial charge in [-0.25, -0.2) is 23.4 Å². The minimum atomic E-state index is -2.21. The number of nitrogens with one attached hydrogen (secondary N) is 1. The predicted molar refractivity (Wildman–Crippen MR) is 117 cm³/mol. The van der Waals surface area contributed by atoms with Crippen molar-refractivity contribution in [3.05, 3.63) is 47.5 Å². The molecule has 1 atom stereocenters. The van der Waals surface area contributed by atoms with Crippen molar-refractivity contribution in [1.82, 2.24) is 9.97 Å². The molecule has 0 saturated carbocycles. The fourth-order valence-corrected chi connectivity index (χ4v) is 4.77. The molecule has 162 valence electrons. The summed E-state index contributed by atoms with van der Waals surface area (Å²) in [6, 6.07) is 6.97. The molecule has 8 nitrogen and oxygen atoms in total. The Kier molecular flexibility index (Phi) is 5.67. The molecule has 31 heavy (non-hydrogen) atoms. The highest BCUT2D eigenvalue weighted by Gasteiger charge is 2.20. The van der Waals surface area contributed by atoms with Gasteiger partial charge in [0.2, 0.25) is 0 Å². The Hall–Kier alpha value is -2.98. The number of rotatable bonds is 6. The lowest BCUT2D eigenvalue weighted by Crippen LogP contribution is -2.23. The SMILES string of the molecule is C[C@@H](Oc1cc(F)ccc1Nc1ncnc2cc(N=S3(=O)CCC3)cc(Cl)c12)C(=O)O. The Labute approximate surface area is 182 Å². The molecule has 0 radical (unpaired) electrons. The predicted octanol–water partition coefficient (Wildman–Crippen LogP) is 4.52. The van der Waals surface area contributed by atoms with Crippen LogP contribution in [0.5, 0.6) is 5.75 Å². The third kappa shape index (κ3) is 4.54. The number of benzene rings is 2. The number of aliphatic carboxylic acids is 1. The van der Waals surface area contributed by atoms with Crippen LogP contribution in [0.15, 0.2) is 41.0 Å². The summed E-state index contributed by atoms with van der Waals surface area (Å²) in [5.41, 5.74) is 1.26. The number of carboxylic acids is 1. The van der Waals surface area contributed by atoms with Crippen LogP contribution < -0.4 is 10.1 Å². The number of hydrogen-bond donors (Lipinski definition) is 2. The molecule has 2 N–H and O–H groups in total. The first kappa shape index (κ1) is 21.3. The highest BCUT2D eigenvalue weighted by molar-refractivity contribution is 7.95. The molecule has 0 spiro atoms. The number of nitrogens with zero attached hydrogens (tertiary/aromatic N) is 3. The normalized spacial score (nSPS) is 15.7. The molecule has 1 aromatic heterocycles. The maximum absolute atomic E-state index is 13.7. The van der Waals surface area contributed by atoms with Gasteiger partial charge in [-0.15, -0.1) is 0 Å². The molecule has 11 heteroatoms. The van der Waals surface area contributed by atoms with Crippen molar-refractivity contribution in [2.45, 2.75) is 19.4 Å². The van der Waals surface area contributed by atoms with Crippen LogP contribution in [-0.4, -0.2) is 42.9 Å². The molecule has 4 rings (SSSR count). The van der Waals surface area contributed by atoms with Crippen LogP contribution in [-0.2, 0) is 14.5 Å². The van der Waals surface area contributed by atoms with E-state index < -0.39 is 27.6 Å². The number of ether oxygens (including phenoxy) is 1. The van der Waals surface area contributed by atoms with E-state index in [-0.39, 0.29) is 5.75 Å². The Morgan fingerprint density at radius 2 is 2.10 bits per heavy atom. The highest BCUT2D eigenvalue weighted by Crippen LogP contribution is 2.36. The van der Waals surface area contributed by atoms with Gasteiger partial charge in [0, 0.05) is 17.6 Å². The van der Waals surface area contributed by atoms with E-state index in [0.717, 1.165) is 12.5 Å². The maximum atomic E-state index is 13.7. The quantitative estimate of drug-likeness (QED) is 0.551. The smallest absolute Gasteiger partial charge is 0.344 e. The number of fused-ring (bicyclic) bond motifs is 1. The van der Waals surface area contributed by atoms with Gasteiger partial charge in [-0.2, -0.15) is 4.36 Å². The van der Waals surface area contributed by atoms with Crippen LogP contribution in [0.2, 0.25) is 5.02 Å². The zero-order valence-electron chi connectivity index (χ0n) is 16.3. The number of aromatic nitrogens is 2. The number of carbonyl (C=O) groups is 1. The number of hydrogen-bond acceptors (Lipinski definition) is 7. The van der Waals surface area contributed by atoms with Crippen molar-refractivity contribution in [3.8, 4) is 5.75 Å². The van der Waals surface area contributed by atoms with Gasteiger partial charge in [0.1, 0.15) is 23.7 Å². The largest absolute Gasteiger partial charge is 0.479 e. The lowest BCUT2D eigenvalue weighted by molar-refractivity contribution is -0.144. The van der Waals surface area contributed by atoms with Crippen molar-refractivity contribution in [3.63, 3.8) is 0 Å². The molecule has 1 aliphatic heterocycles. The van der Waals surface area contributed by atoms with Gasteiger partial charge in [-0.1, -0.05) is 11.6 Å².